The van der Waals surface area contributed by atoms with E-state index in [9.17, 15) is 0 Å². The molecule has 1 N–H and O–H groups in total. The number of aryl methyl sites for hydroxylation is 1. The summed E-state index contributed by atoms with van der Waals surface area (Å²) in [7, 11) is 0. The standard InChI is InChI=1S/C19H29NO/c1-13-10-14(2)12-16(11-13)20-18-8-5-9-21-19-15(3)6-4-7-17(18)19/h4,6-7,13-14,16,18,20H,5,8-12H2,1-3H3. The fraction of sp³-hybridized carbons (Fsp3) is 0.684. The van der Waals surface area contributed by atoms with E-state index in [2.05, 4.69) is 44.3 Å². The van der Waals surface area contributed by atoms with E-state index in [4.69, 9.17) is 4.74 Å². The van der Waals surface area contributed by atoms with Gasteiger partial charge in [-0.15, -0.1) is 0 Å². The average Bonchev–Trinajstić information content (AvgIpc) is 2.62. The first-order chi connectivity index (χ1) is 10.1. The Morgan fingerprint density at radius 1 is 1.10 bits per heavy atom. The third-order valence-electron chi connectivity index (χ3n) is 5.12. The molecule has 21 heavy (non-hydrogen) atoms. The van der Waals surface area contributed by atoms with Crippen LogP contribution in [0.25, 0.3) is 0 Å². The second-order valence-electron chi connectivity index (χ2n) is 7.32. The molecule has 3 atom stereocenters. The van der Waals surface area contributed by atoms with Crippen LogP contribution in [0.15, 0.2) is 18.2 Å². The zero-order chi connectivity index (χ0) is 14.8. The molecule has 1 heterocycles. The Labute approximate surface area is 129 Å². The second kappa shape index (κ2) is 6.39. The van der Waals surface area contributed by atoms with E-state index in [0.29, 0.717) is 12.1 Å². The van der Waals surface area contributed by atoms with Gasteiger partial charge in [-0.3, -0.25) is 0 Å². The highest BCUT2D eigenvalue weighted by molar-refractivity contribution is 5.43. The first kappa shape index (κ1) is 14.9. The molecule has 0 bridgehead atoms. The van der Waals surface area contributed by atoms with E-state index in [0.717, 1.165) is 30.6 Å². The van der Waals surface area contributed by atoms with Crippen molar-refractivity contribution in [1.29, 1.82) is 0 Å². The van der Waals surface area contributed by atoms with Crippen molar-refractivity contribution in [1.82, 2.24) is 5.32 Å². The predicted octanol–water partition coefficient (Wildman–Crippen LogP) is 4.62. The van der Waals surface area contributed by atoms with Gasteiger partial charge in [-0.25, -0.2) is 0 Å². The van der Waals surface area contributed by atoms with Crippen molar-refractivity contribution >= 4 is 0 Å². The first-order valence-electron chi connectivity index (χ1n) is 8.62. The smallest absolute Gasteiger partial charge is 0.126 e. The average molecular weight is 287 g/mol. The topological polar surface area (TPSA) is 21.3 Å². The quantitative estimate of drug-likeness (QED) is 0.856. The molecule has 2 aliphatic rings. The SMILES string of the molecule is Cc1cccc2c1OCCCC2NC1CC(C)CC(C)C1. The minimum Gasteiger partial charge on any atom is -0.493 e. The van der Waals surface area contributed by atoms with Crippen LogP contribution in [-0.4, -0.2) is 12.6 Å². The van der Waals surface area contributed by atoms with E-state index in [1.165, 1.54) is 36.8 Å². The molecule has 116 valence electrons. The molecule has 1 fully saturated rings. The van der Waals surface area contributed by atoms with Gasteiger partial charge in [0.25, 0.3) is 0 Å². The molecule has 2 nitrogen and oxygen atoms in total. The number of benzene rings is 1. The molecule has 0 aromatic heterocycles. The number of nitrogens with one attached hydrogen (secondary N) is 1. The highest BCUT2D eigenvalue weighted by atomic mass is 16.5. The Hall–Kier alpha value is -1.02. The minimum absolute atomic E-state index is 0.463. The lowest BCUT2D eigenvalue weighted by molar-refractivity contribution is 0.222. The van der Waals surface area contributed by atoms with Crippen LogP contribution in [0.1, 0.15) is 63.1 Å². The van der Waals surface area contributed by atoms with Crippen LogP contribution >= 0.6 is 0 Å². The Morgan fingerprint density at radius 3 is 2.62 bits per heavy atom. The van der Waals surface area contributed by atoms with Crippen LogP contribution in [0.2, 0.25) is 0 Å². The fourth-order valence-corrected chi connectivity index (χ4v) is 4.30. The van der Waals surface area contributed by atoms with E-state index in [1.54, 1.807) is 0 Å². The van der Waals surface area contributed by atoms with Crippen LogP contribution in [0.5, 0.6) is 5.75 Å². The van der Waals surface area contributed by atoms with Gasteiger partial charge in [-0.05, 0) is 56.4 Å². The summed E-state index contributed by atoms with van der Waals surface area (Å²) in [6.45, 7) is 7.82. The molecule has 1 aromatic rings. The summed E-state index contributed by atoms with van der Waals surface area (Å²) in [5.41, 5.74) is 2.64. The number of rotatable bonds is 2. The maximum absolute atomic E-state index is 6.00. The zero-order valence-corrected chi connectivity index (χ0v) is 13.7. The van der Waals surface area contributed by atoms with Gasteiger partial charge in [0.2, 0.25) is 0 Å². The second-order valence-corrected chi connectivity index (χ2v) is 7.32. The monoisotopic (exact) mass is 287 g/mol. The molecule has 0 amide bonds. The Balaban J connectivity index is 1.78. The molecule has 1 aliphatic heterocycles. The Bertz CT molecular complexity index is 474. The number of hydrogen-bond donors (Lipinski definition) is 1. The van der Waals surface area contributed by atoms with Crippen molar-refractivity contribution in [2.45, 2.75) is 65.0 Å². The van der Waals surface area contributed by atoms with Crippen molar-refractivity contribution in [2.75, 3.05) is 6.61 Å². The maximum atomic E-state index is 6.00. The molecule has 2 heteroatoms. The van der Waals surface area contributed by atoms with E-state index >= 15 is 0 Å². The van der Waals surface area contributed by atoms with Gasteiger partial charge in [0.05, 0.1) is 6.61 Å². The Morgan fingerprint density at radius 2 is 1.86 bits per heavy atom. The molecule has 3 unspecified atom stereocenters. The molecule has 1 aromatic carbocycles. The van der Waals surface area contributed by atoms with Crippen LogP contribution in [-0.2, 0) is 0 Å². The van der Waals surface area contributed by atoms with Gasteiger partial charge >= 0.3 is 0 Å². The summed E-state index contributed by atoms with van der Waals surface area (Å²) in [5, 5.41) is 3.96. The molecule has 1 aliphatic carbocycles. The van der Waals surface area contributed by atoms with Crippen molar-refractivity contribution < 1.29 is 4.74 Å². The van der Waals surface area contributed by atoms with Gasteiger partial charge in [-0.1, -0.05) is 32.0 Å². The number of para-hydroxylation sites is 1. The van der Waals surface area contributed by atoms with Gasteiger partial charge in [-0.2, -0.15) is 0 Å². The summed E-state index contributed by atoms with van der Waals surface area (Å²) >= 11 is 0. The summed E-state index contributed by atoms with van der Waals surface area (Å²) in [6, 6.07) is 7.71. The number of ether oxygens (including phenoxy) is 1. The lowest BCUT2D eigenvalue weighted by atomic mass is 9.80. The van der Waals surface area contributed by atoms with Crippen LogP contribution in [0.3, 0.4) is 0 Å². The summed E-state index contributed by atoms with van der Waals surface area (Å²) in [4.78, 5) is 0. The molecule has 3 rings (SSSR count). The molecular formula is C19H29NO. The summed E-state index contributed by atoms with van der Waals surface area (Å²) in [5.74, 6) is 2.83. The number of fused-ring (bicyclic) bond motifs is 1. The lowest BCUT2D eigenvalue weighted by Crippen LogP contribution is -2.38. The maximum Gasteiger partial charge on any atom is 0.126 e. The molecule has 0 spiro atoms. The molecule has 1 saturated carbocycles. The van der Waals surface area contributed by atoms with Crippen molar-refractivity contribution in [3.63, 3.8) is 0 Å². The van der Waals surface area contributed by atoms with E-state index in [1.807, 2.05) is 0 Å². The van der Waals surface area contributed by atoms with Gasteiger partial charge in [0, 0.05) is 17.6 Å². The van der Waals surface area contributed by atoms with Gasteiger partial charge in [0.1, 0.15) is 5.75 Å². The van der Waals surface area contributed by atoms with Crippen LogP contribution in [0.4, 0.5) is 0 Å². The molecular weight excluding hydrogens is 258 g/mol. The van der Waals surface area contributed by atoms with Gasteiger partial charge in [0.15, 0.2) is 0 Å². The van der Waals surface area contributed by atoms with Crippen molar-refractivity contribution in [3.05, 3.63) is 29.3 Å². The van der Waals surface area contributed by atoms with Gasteiger partial charge < -0.3 is 10.1 Å². The van der Waals surface area contributed by atoms with Crippen LogP contribution in [0, 0.1) is 18.8 Å². The first-order valence-corrected chi connectivity index (χ1v) is 8.62. The Kier molecular flexibility index (Phi) is 4.54. The molecule has 0 radical (unpaired) electrons. The molecule has 0 saturated heterocycles. The van der Waals surface area contributed by atoms with E-state index in [-0.39, 0.29) is 0 Å². The zero-order valence-electron chi connectivity index (χ0n) is 13.7. The summed E-state index contributed by atoms with van der Waals surface area (Å²) < 4.78 is 6.00. The largest absolute Gasteiger partial charge is 0.493 e. The van der Waals surface area contributed by atoms with E-state index < -0.39 is 0 Å². The third kappa shape index (κ3) is 3.42. The third-order valence-corrected chi connectivity index (χ3v) is 5.12. The minimum atomic E-state index is 0.463. The number of hydrogen-bond acceptors (Lipinski definition) is 2. The van der Waals surface area contributed by atoms with Crippen molar-refractivity contribution in [3.8, 4) is 5.75 Å². The predicted molar refractivity (Wildman–Crippen MR) is 87.8 cm³/mol. The fourth-order valence-electron chi connectivity index (χ4n) is 4.30. The highest BCUT2D eigenvalue weighted by Gasteiger charge is 2.28. The summed E-state index contributed by atoms with van der Waals surface area (Å²) in [6.07, 6.45) is 6.37. The van der Waals surface area contributed by atoms with Crippen molar-refractivity contribution in [2.24, 2.45) is 11.8 Å². The highest BCUT2D eigenvalue weighted by Crippen LogP contribution is 2.36. The lowest BCUT2D eigenvalue weighted by Gasteiger charge is -2.35. The normalized spacial score (nSPS) is 32.9. The van der Waals surface area contributed by atoms with Crippen LogP contribution < -0.4 is 10.1 Å².